The van der Waals surface area contributed by atoms with Crippen LogP contribution in [0.4, 0.5) is 0 Å². The molecular formula is C28H21N3O7S2. The largest absolute Gasteiger partial charge is 0.489 e. The Hall–Kier alpha value is -4.42. The predicted molar refractivity (Wildman–Crippen MR) is 149 cm³/mol. The first-order chi connectivity index (χ1) is 19.4. The highest BCUT2D eigenvalue weighted by Crippen LogP contribution is 2.40. The Balaban J connectivity index is 1.12. The SMILES string of the molecule is O=C(Cc1cccs1)N[C@@H]1C(=O)N2C(C(=O)O)=C(/C=C\COc3ccc4nc5ccc(=O)cc-5oc4c3)CS[C@H]12. The number of aliphatic carboxylic acids is 1. The molecule has 2 atom stereocenters. The number of β-lactam (4-membered cyclic amide) rings is 1. The molecule has 4 heterocycles. The average molecular weight is 576 g/mol. The van der Waals surface area contributed by atoms with Crippen molar-refractivity contribution in [3.05, 3.63) is 92.4 Å². The molecule has 1 saturated heterocycles. The van der Waals surface area contributed by atoms with Crippen molar-refractivity contribution in [3.63, 3.8) is 0 Å². The van der Waals surface area contributed by atoms with Gasteiger partial charge < -0.3 is 19.6 Å². The highest BCUT2D eigenvalue weighted by molar-refractivity contribution is 8.00. The van der Waals surface area contributed by atoms with Crippen LogP contribution in [-0.4, -0.2) is 56.5 Å². The Morgan fingerprint density at radius 3 is 2.88 bits per heavy atom. The van der Waals surface area contributed by atoms with E-state index in [-0.39, 0.29) is 30.1 Å². The minimum absolute atomic E-state index is 0.0889. The number of rotatable bonds is 8. The summed E-state index contributed by atoms with van der Waals surface area (Å²) in [5, 5.41) is 14.0. The number of fused-ring (bicyclic) bond motifs is 3. The number of carbonyl (C=O) groups is 3. The molecule has 4 aliphatic rings. The second-order valence-electron chi connectivity index (χ2n) is 9.08. The van der Waals surface area contributed by atoms with Crippen molar-refractivity contribution in [1.82, 2.24) is 15.2 Å². The summed E-state index contributed by atoms with van der Waals surface area (Å²) in [4.78, 5) is 55.6. The van der Waals surface area contributed by atoms with Crippen molar-refractivity contribution >= 4 is 52.0 Å². The van der Waals surface area contributed by atoms with E-state index in [1.165, 1.54) is 40.1 Å². The molecule has 0 spiro atoms. The molecule has 202 valence electrons. The summed E-state index contributed by atoms with van der Waals surface area (Å²) in [7, 11) is 0. The van der Waals surface area contributed by atoms with Gasteiger partial charge in [-0.15, -0.1) is 23.1 Å². The third-order valence-corrected chi connectivity index (χ3v) is 8.60. The van der Waals surface area contributed by atoms with Gasteiger partial charge in [0.1, 0.15) is 40.7 Å². The first-order valence-corrected chi connectivity index (χ1v) is 14.2. The van der Waals surface area contributed by atoms with Crippen molar-refractivity contribution in [2.75, 3.05) is 12.4 Å². The second-order valence-corrected chi connectivity index (χ2v) is 11.2. The van der Waals surface area contributed by atoms with Gasteiger partial charge in [-0.05, 0) is 47.4 Å². The lowest BCUT2D eigenvalue weighted by Crippen LogP contribution is -2.70. The Kier molecular flexibility index (Phi) is 6.86. The zero-order chi connectivity index (χ0) is 27.8. The second kappa shape index (κ2) is 10.6. The normalized spacial score (nSPS) is 18.7. The number of carboxylic acid groups (broad SMARTS) is 1. The van der Waals surface area contributed by atoms with Crippen LogP contribution >= 0.6 is 23.1 Å². The molecule has 0 unspecified atom stereocenters. The van der Waals surface area contributed by atoms with E-state index in [0.717, 1.165) is 4.88 Å². The van der Waals surface area contributed by atoms with Gasteiger partial charge in [0.05, 0.1) is 6.42 Å². The highest BCUT2D eigenvalue weighted by Gasteiger charge is 2.53. The van der Waals surface area contributed by atoms with Crippen molar-refractivity contribution in [2.45, 2.75) is 17.8 Å². The summed E-state index contributed by atoms with van der Waals surface area (Å²) in [6, 6.07) is 12.5. The number of thiophene rings is 1. The number of hydrogen-bond acceptors (Lipinski definition) is 9. The Morgan fingerprint density at radius 2 is 2.08 bits per heavy atom. The fraction of sp³-hybridized carbons (Fsp3) is 0.179. The molecule has 1 aromatic heterocycles. The number of carbonyl (C=O) groups excluding carboxylic acids is 2. The van der Waals surface area contributed by atoms with Crippen LogP contribution in [0.25, 0.3) is 22.6 Å². The molecule has 10 nitrogen and oxygen atoms in total. The van der Waals surface area contributed by atoms with Gasteiger partial charge in [-0.2, -0.15) is 0 Å². The number of allylic oxidation sites excluding steroid dienone is 1. The summed E-state index contributed by atoms with van der Waals surface area (Å²) in [5.74, 6) is -0.682. The zero-order valence-electron chi connectivity index (χ0n) is 20.7. The molecule has 1 fully saturated rings. The van der Waals surface area contributed by atoms with Crippen LogP contribution in [0.3, 0.4) is 0 Å². The smallest absolute Gasteiger partial charge is 0.352 e. The van der Waals surface area contributed by atoms with Crippen LogP contribution in [0.2, 0.25) is 0 Å². The van der Waals surface area contributed by atoms with Gasteiger partial charge in [-0.25, -0.2) is 9.78 Å². The Labute approximate surface area is 235 Å². The van der Waals surface area contributed by atoms with Crippen molar-refractivity contribution in [3.8, 4) is 17.2 Å². The number of nitrogens with zero attached hydrogens (tertiary/aromatic N) is 2. The van der Waals surface area contributed by atoms with E-state index in [1.54, 1.807) is 36.4 Å². The van der Waals surface area contributed by atoms with Gasteiger partial charge in [0.25, 0.3) is 5.91 Å². The number of hydrogen-bond donors (Lipinski definition) is 2. The monoisotopic (exact) mass is 575 g/mol. The third-order valence-electron chi connectivity index (χ3n) is 6.42. The van der Waals surface area contributed by atoms with E-state index in [2.05, 4.69) is 10.3 Å². The number of nitrogens with one attached hydrogen (secondary N) is 1. The van der Waals surface area contributed by atoms with Crippen LogP contribution in [-0.2, 0) is 20.8 Å². The first-order valence-electron chi connectivity index (χ1n) is 12.2. The van der Waals surface area contributed by atoms with Gasteiger partial charge in [-0.1, -0.05) is 12.1 Å². The number of carboxylic acids is 1. The maximum atomic E-state index is 12.8. The summed E-state index contributed by atoms with van der Waals surface area (Å²) in [5.41, 5.74) is 1.86. The molecule has 0 radical (unpaired) electrons. The fourth-order valence-electron chi connectivity index (χ4n) is 4.58. The molecular weight excluding hydrogens is 554 g/mol. The highest BCUT2D eigenvalue weighted by atomic mass is 32.2. The van der Waals surface area contributed by atoms with E-state index >= 15 is 0 Å². The Morgan fingerprint density at radius 1 is 1.20 bits per heavy atom. The zero-order valence-corrected chi connectivity index (χ0v) is 22.4. The number of amides is 2. The lowest BCUT2D eigenvalue weighted by Gasteiger charge is -2.49. The molecule has 1 aromatic carbocycles. The van der Waals surface area contributed by atoms with E-state index in [1.807, 2.05) is 17.5 Å². The molecule has 3 aliphatic heterocycles. The van der Waals surface area contributed by atoms with Crippen molar-refractivity contribution in [2.24, 2.45) is 0 Å². The first kappa shape index (κ1) is 25.8. The lowest BCUT2D eigenvalue weighted by atomic mass is 10.0. The maximum absolute atomic E-state index is 12.8. The molecule has 0 saturated carbocycles. The summed E-state index contributed by atoms with van der Waals surface area (Å²) < 4.78 is 11.6. The number of aromatic nitrogens is 1. The summed E-state index contributed by atoms with van der Waals surface area (Å²) >= 11 is 2.86. The van der Waals surface area contributed by atoms with Gasteiger partial charge >= 0.3 is 5.97 Å². The molecule has 40 heavy (non-hydrogen) atoms. The third kappa shape index (κ3) is 4.98. The van der Waals surface area contributed by atoms with Crippen molar-refractivity contribution < 1.29 is 28.6 Å². The van der Waals surface area contributed by atoms with Gasteiger partial charge in [0, 0.05) is 22.8 Å². The molecule has 2 N–H and O–H groups in total. The standard InChI is InChI=1S/C28H21N3O7S2/c32-16-5-7-19-21(11-16)38-22-12-17(6-8-20(22)29-19)37-9-1-3-15-14-40-27-24(26(34)31(27)25(15)28(35)36)30-23(33)13-18-4-2-10-39-18/h1-8,10-12,24,27H,9,13-14H2,(H,30,33)(H,35,36)/b3-1-/t24-,27-/m1/s1. The molecule has 2 aromatic rings. The topological polar surface area (TPSA) is 139 Å². The van der Waals surface area contributed by atoms with Crippen molar-refractivity contribution in [1.29, 1.82) is 0 Å². The van der Waals surface area contributed by atoms with Crippen LogP contribution in [0.1, 0.15) is 4.88 Å². The number of benzene rings is 2. The molecule has 1 aliphatic carbocycles. The van der Waals surface area contributed by atoms with E-state index in [9.17, 15) is 24.3 Å². The number of thioether (sulfide) groups is 1. The predicted octanol–water partition coefficient (Wildman–Crippen LogP) is 3.27. The van der Waals surface area contributed by atoms with Crippen LogP contribution in [0.15, 0.2) is 86.5 Å². The van der Waals surface area contributed by atoms with Gasteiger partial charge in [0.15, 0.2) is 16.8 Å². The molecule has 12 heteroatoms. The average Bonchev–Trinajstić information content (AvgIpc) is 3.45. The lowest BCUT2D eigenvalue weighted by molar-refractivity contribution is -0.150. The van der Waals surface area contributed by atoms with Crippen LogP contribution in [0.5, 0.6) is 5.75 Å². The molecule has 2 amide bonds. The van der Waals surface area contributed by atoms with Crippen LogP contribution in [0, 0.1) is 0 Å². The van der Waals surface area contributed by atoms with E-state index in [0.29, 0.717) is 39.6 Å². The van der Waals surface area contributed by atoms with Gasteiger partial charge in [0.2, 0.25) is 5.91 Å². The maximum Gasteiger partial charge on any atom is 0.352 e. The summed E-state index contributed by atoms with van der Waals surface area (Å²) in [6.07, 6.45) is 3.49. The van der Waals surface area contributed by atoms with Gasteiger partial charge in [-0.3, -0.25) is 19.3 Å². The quantitative estimate of drug-likeness (QED) is 0.239. The Bertz CT molecular complexity index is 1730. The minimum Gasteiger partial charge on any atom is -0.489 e. The fourth-order valence-corrected chi connectivity index (χ4v) is 6.60. The number of ether oxygens (including phenoxy) is 1. The summed E-state index contributed by atoms with van der Waals surface area (Å²) in [6.45, 7) is 0.136. The molecule has 0 bridgehead atoms. The molecule has 6 rings (SSSR count). The van der Waals surface area contributed by atoms with E-state index < -0.39 is 23.3 Å². The van der Waals surface area contributed by atoms with E-state index in [4.69, 9.17) is 9.15 Å². The van der Waals surface area contributed by atoms with Crippen LogP contribution < -0.4 is 15.5 Å². The minimum atomic E-state index is -1.21.